The Morgan fingerprint density at radius 2 is 1.13 bits per heavy atom. The Balaban J connectivity index is 3.34. The van der Waals surface area contributed by atoms with Crippen LogP contribution in [0.15, 0.2) is 30.3 Å². The first kappa shape index (κ1) is 12.6. The predicted octanol–water partition coefficient (Wildman–Crippen LogP) is 1.25. The number of hydrogen-bond donors (Lipinski definition) is 0. The van der Waals surface area contributed by atoms with Crippen LogP contribution in [0.2, 0.25) is 0 Å². The Morgan fingerprint density at radius 3 is 1.47 bits per heavy atom. The molecule has 0 fully saturated rings. The van der Waals surface area contributed by atoms with Crippen LogP contribution in [0, 0.1) is 0 Å². The summed E-state index contributed by atoms with van der Waals surface area (Å²) < 4.78 is 22.4. The maximum absolute atomic E-state index is 5.42. The molecule has 0 saturated carbocycles. The summed E-state index contributed by atoms with van der Waals surface area (Å²) in [5.74, 6) is 0. The van der Waals surface area contributed by atoms with E-state index in [0.29, 0.717) is 0 Å². The van der Waals surface area contributed by atoms with Crippen molar-refractivity contribution in [3.63, 3.8) is 0 Å². The molecule has 0 amide bonds. The summed E-state index contributed by atoms with van der Waals surface area (Å²) in [5.41, 5.74) is 0. The molecule has 15 heavy (non-hydrogen) atoms. The molecule has 0 bridgehead atoms. The van der Waals surface area contributed by atoms with Crippen LogP contribution in [0.1, 0.15) is 0 Å². The van der Waals surface area contributed by atoms with E-state index in [9.17, 15) is 0 Å². The minimum absolute atomic E-state index is 0.761. The van der Waals surface area contributed by atoms with Gasteiger partial charge in [0.25, 0.3) is 0 Å². The van der Waals surface area contributed by atoms with Gasteiger partial charge in [0, 0.05) is 0 Å². The summed E-state index contributed by atoms with van der Waals surface area (Å²) in [7, 11) is 6.06. The van der Waals surface area contributed by atoms with Crippen LogP contribution in [-0.2, 0) is 28.3 Å². The van der Waals surface area contributed by atoms with Gasteiger partial charge in [0.05, 0.1) is 0 Å². The van der Waals surface area contributed by atoms with Crippen LogP contribution < -0.4 is 4.50 Å². The molecule has 1 rings (SSSR count). The standard InChI is InChI=1S/C6H5.4CH3O.Co/c1-2-4-6-5-3-1;4*1-2;/h1-5H;4*1H3;/q;4*-1;+4. The van der Waals surface area contributed by atoms with Crippen molar-refractivity contribution in [2.24, 2.45) is 0 Å². The van der Waals surface area contributed by atoms with E-state index in [2.05, 4.69) is 0 Å². The van der Waals surface area contributed by atoms with Gasteiger partial charge >= 0.3 is 91.5 Å². The quantitative estimate of drug-likeness (QED) is 0.798. The molecule has 0 aliphatic carbocycles. The van der Waals surface area contributed by atoms with Gasteiger partial charge in [-0.15, -0.1) is 0 Å². The van der Waals surface area contributed by atoms with Crippen molar-refractivity contribution in [3.05, 3.63) is 30.3 Å². The molecule has 0 radical (unpaired) electrons. The molecule has 0 spiro atoms. The second-order valence-electron chi connectivity index (χ2n) is 2.42. The van der Waals surface area contributed by atoms with Crippen LogP contribution in [0.25, 0.3) is 0 Å². The third kappa shape index (κ3) is 1.82. The molecule has 0 unspecified atom stereocenters. The summed E-state index contributed by atoms with van der Waals surface area (Å²) in [6.07, 6.45) is 0. The third-order valence-electron chi connectivity index (χ3n) is 1.97. The first-order chi connectivity index (χ1) is 7.17. The zero-order valence-electron chi connectivity index (χ0n) is 9.35. The Morgan fingerprint density at radius 1 is 0.733 bits per heavy atom. The first-order valence-electron chi connectivity index (χ1n) is 4.25. The van der Waals surface area contributed by atoms with E-state index in [1.807, 2.05) is 30.3 Å². The van der Waals surface area contributed by atoms with E-state index in [1.54, 1.807) is 0 Å². The Bertz CT molecular complexity index is 287. The SMILES string of the molecule is C[O][Co]([O]C)([O]C)([O]C)[c]1ccccc1. The molecule has 0 N–H and O–H groups in total. The van der Waals surface area contributed by atoms with Gasteiger partial charge in [-0.1, -0.05) is 0 Å². The summed E-state index contributed by atoms with van der Waals surface area (Å²) in [4.78, 5) is 0. The van der Waals surface area contributed by atoms with Crippen LogP contribution in [0.3, 0.4) is 0 Å². The summed E-state index contributed by atoms with van der Waals surface area (Å²) in [6.45, 7) is 0. The minimum atomic E-state index is -3.58. The molecule has 4 nitrogen and oxygen atoms in total. The predicted molar refractivity (Wildman–Crippen MR) is 54.1 cm³/mol. The molecular weight excluding hydrogens is 243 g/mol. The van der Waals surface area contributed by atoms with Gasteiger partial charge in [0.2, 0.25) is 0 Å². The van der Waals surface area contributed by atoms with Crippen molar-refractivity contribution in [1.29, 1.82) is 0 Å². The van der Waals surface area contributed by atoms with E-state index in [-0.39, 0.29) is 0 Å². The maximum atomic E-state index is 5.42. The second kappa shape index (κ2) is 4.61. The monoisotopic (exact) mass is 260 g/mol. The van der Waals surface area contributed by atoms with Gasteiger partial charge in [-0.05, 0) is 0 Å². The topological polar surface area (TPSA) is 36.9 Å². The van der Waals surface area contributed by atoms with Crippen molar-refractivity contribution in [2.75, 3.05) is 28.4 Å². The van der Waals surface area contributed by atoms with Crippen molar-refractivity contribution in [3.8, 4) is 0 Å². The molecule has 0 aliphatic heterocycles. The van der Waals surface area contributed by atoms with Crippen molar-refractivity contribution >= 4 is 4.50 Å². The van der Waals surface area contributed by atoms with E-state index >= 15 is 0 Å². The van der Waals surface area contributed by atoms with Crippen LogP contribution in [0.5, 0.6) is 0 Å². The fourth-order valence-electron chi connectivity index (χ4n) is 1.24. The average Bonchev–Trinajstić information content (AvgIpc) is 2.35. The van der Waals surface area contributed by atoms with Crippen molar-refractivity contribution in [2.45, 2.75) is 0 Å². The first-order valence-corrected chi connectivity index (χ1v) is 6.48. The molecule has 0 atom stereocenters. The van der Waals surface area contributed by atoms with Gasteiger partial charge in [-0.3, -0.25) is 0 Å². The molecule has 90 valence electrons. The van der Waals surface area contributed by atoms with E-state index < -0.39 is 12.9 Å². The Hall–Kier alpha value is -0.434. The zero-order chi connectivity index (χ0) is 11.4. The molecule has 0 aliphatic rings. The van der Waals surface area contributed by atoms with Gasteiger partial charge in [-0.25, -0.2) is 0 Å². The van der Waals surface area contributed by atoms with Gasteiger partial charge in [0.15, 0.2) is 0 Å². The fourth-order valence-corrected chi connectivity index (χ4v) is 4.02. The summed E-state index contributed by atoms with van der Waals surface area (Å²) in [6, 6.07) is 9.39. The number of hydrogen-bond acceptors (Lipinski definition) is 4. The molecule has 5 heteroatoms. The molecule has 1 aromatic rings. The molecular formula is C10H17CoO4. The number of benzene rings is 1. The number of rotatable bonds is 5. The molecule has 1 aromatic carbocycles. The van der Waals surface area contributed by atoms with E-state index in [4.69, 9.17) is 15.4 Å². The zero-order valence-corrected chi connectivity index (χ0v) is 10.4. The van der Waals surface area contributed by atoms with Crippen LogP contribution in [0.4, 0.5) is 0 Å². The van der Waals surface area contributed by atoms with Crippen LogP contribution >= 0.6 is 0 Å². The van der Waals surface area contributed by atoms with Crippen molar-refractivity contribution < 1.29 is 28.3 Å². The summed E-state index contributed by atoms with van der Waals surface area (Å²) in [5, 5.41) is 0. The van der Waals surface area contributed by atoms with Crippen LogP contribution in [-0.4, -0.2) is 28.4 Å². The second-order valence-corrected chi connectivity index (χ2v) is 6.61. The molecule has 0 heterocycles. The average molecular weight is 260 g/mol. The molecule has 0 aromatic heterocycles. The van der Waals surface area contributed by atoms with Gasteiger partial charge < -0.3 is 0 Å². The fraction of sp³-hybridized carbons (Fsp3) is 0.400. The third-order valence-corrected chi connectivity index (χ3v) is 6.23. The normalized spacial score (nSPS) is 14.5. The van der Waals surface area contributed by atoms with Gasteiger partial charge in [0.1, 0.15) is 0 Å². The Labute approximate surface area is 91.9 Å². The van der Waals surface area contributed by atoms with E-state index in [1.165, 1.54) is 28.4 Å². The Kier molecular flexibility index (Phi) is 3.88. The van der Waals surface area contributed by atoms with Crippen molar-refractivity contribution in [1.82, 2.24) is 0 Å². The molecule has 0 saturated heterocycles. The summed E-state index contributed by atoms with van der Waals surface area (Å²) >= 11 is -3.58. The van der Waals surface area contributed by atoms with Gasteiger partial charge in [-0.2, -0.15) is 0 Å². The van der Waals surface area contributed by atoms with E-state index in [0.717, 1.165) is 4.50 Å².